The van der Waals surface area contributed by atoms with Gasteiger partial charge in [-0.1, -0.05) is 6.07 Å². The van der Waals surface area contributed by atoms with Gasteiger partial charge in [0.05, 0.1) is 4.90 Å². The molecule has 1 N–H and O–H groups in total. The van der Waals surface area contributed by atoms with Crippen LogP contribution in [-0.2, 0) is 10.0 Å². The fraction of sp³-hybridized carbons (Fsp3) is 0.625. The van der Waals surface area contributed by atoms with Crippen LogP contribution in [0.2, 0.25) is 0 Å². The molecular formula is C16H27ClN2O2S. The van der Waals surface area contributed by atoms with E-state index in [0.29, 0.717) is 18.0 Å². The van der Waals surface area contributed by atoms with Gasteiger partial charge in [-0.2, -0.15) is 4.31 Å². The molecule has 0 saturated carbocycles. The van der Waals surface area contributed by atoms with Crippen LogP contribution in [0.4, 0.5) is 0 Å². The Morgan fingerprint density at radius 1 is 1.14 bits per heavy atom. The van der Waals surface area contributed by atoms with Gasteiger partial charge in [0.25, 0.3) is 0 Å². The molecular weight excluding hydrogens is 320 g/mol. The van der Waals surface area contributed by atoms with Gasteiger partial charge in [-0.05, 0) is 69.8 Å². The summed E-state index contributed by atoms with van der Waals surface area (Å²) in [6.07, 6.45) is 1.95. The van der Waals surface area contributed by atoms with Crippen molar-refractivity contribution in [2.45, 2.75) is 51.5 Å². The molecule has 1 atom stereocenters. The van der Waals surface area contributed by atoms with Crippen LogP contribution in [0.1, 0.15) is 35.1 Å². The van der Waals surface area contributed by atoms with E-state index in [1.54, 1.807) is 4.31 Å². The van der Waals surface area contributed by atoms with Crippen LogP contribution >= 0.6 is 12.4 Å². The van der Waals surface area contributed by atoms with Crippen molar-refractivity contribution in [3.05, 3.63) is 28.3 Å². The predicted octanol–water partition coefficient (Wildman–Crippen LogP) is 2.71. The average Bonchev–Trinajstić information content (AvgIpc) is 2.45. The number of aryl methyl sites for hydroxylation is 2. The second-order valence-corrected chi connectivity index (χ2v) is 7.96. The van der Waals surface area contributed by atoms with Gasteiger partial charge in [-0.25, -0.2) is 8.42 Å². The number of nitrogens with zero attached hydrogens (tertiary/aromatic N) is 1. The van der Waals surface area contributed by atoms with Crippen molar-refractivity contribution >= 4 is 22.4 Å². The molecule has 1 unspecified atom stereocenters. The number of hydrogen-bond acceptors (Lipinski definition) is 3. The third-order valence-electron chi connectivity index (χ3n) is 4.69. The van der Waals surface area contributed by atoms with Crippen LogP contribution in [0.3, 0.4) is 0 Å². The molecule has 6 heteroatoms. The summed E-state index contributed by atoms with van der Waals surface area (Å²) in [6.45, 7) is 8.96. The van der Waals surface area contributed by atoms with Crippen molar-refractivity contribution in [3.8, 4) is 0 Å². The predicted molar refractivity (Wildman–Crippen MR) is 93.5 cm³/mol. The molecule has 4 nitrogen and oxygen atoms in total. The van der Waals surface area contributed by atoms with Crippen molar-refractivity contribution in [2.75, 3.05) is 20.1 Å². The number of sulfonamides is 1. The van der Waals surface area contributed by atoms with Gasteiger partial charge >= 0.3 is 0 Å². The van der Waals surface area contributed by atoms with Crippen molar-refractivity contribution in [2.24, 2.45) is 0 Å². The highest BCUT2D eigenvalue weighted by molar-refractivity contribution is 7.89. The minimum absolute atomic E-state index is 0. The monoisotopic (exact) mass is 346 g/mol. The lowest BCUT2D eigenvalue weighted by molar-refractivity contribution is 0.292. The molecule has 126 valence electrons. The van der Waals surface area contributed by atoms with Crippen LogP contribution < -0.4 is 5.32 Å². The second kappa shape index (κ2) is 7.30. The normalized spacial score (nSPS) is 19.8. The van der Waals surface area contributed by atoms with E-state index in [1.807, 2.05) is 34.7 Å². The standard InChI is InChI=1S/C16H26N2O2S.ClH/c1-11-9-12(2)14(4)16(13(11)3)21(19,20)18-8-6-7-15(10-18)17-5;/h9,15,17H,6-8,10H2,1-5H3;1H. The zero-order chi connectivity index (χ0) is 15.8. The average molecular weight is 347 g/mol. The van der Waals surface area contributed by atoms with Crippen LogP contribution in [0.15, 0.2) is 11.0 Å². The number of halogens is 1. The summed E-state index contributed by atoms with van der Waals surface area (Å²) in [7, 11) is -1.52. The van der Waals surface area contributed by atoms with E-state index >= 15 is 0 Å². The first kappa shape index (κ1) is 19.4. The zero-order valence-electron chi connectivity index (χ0n) is 14.1. The van der Waals surface area contributed by atoms with Crippen LogP contribution in [0.25, 0.3) is 0 Å². The Kier molecular flexibility index (Phi) is 6.45. The quantitative estimate of drug-likeness (QED) is 0.915. The largest absolute Gasteiger partial charge is 0.316 e. The van der Waals surface area contributed by atoms with Gasteiger partial charge in [-0.3, -0.25) is 0 Å². The van der Waals surface area contributed by atoms with Gasteiger partial charge in [0.15, 0.2) is 0 Å². The third kappa shape index (κ3) is 3.48. The molecule has 0 amide bonds. The molecule has 1 aliphatic heterocycles. The molecule has 0 aromatic heterocycles. The Hall–Kier alpha value is -0.620. The lowest BCUT2D eigenvalue weighted by atomic mass is 10.0. The van der Waals surface area contributed by atoms with Gasteiger partial charge in [-0.15, -0.1) is 12.4 Å². The molecule has 1 aromatic rings. The third-order valence-corrected chi connectivity index (χ3v) is 6.83. The highest BCUT2D eigenvalue weighted by Crippen LogP contribution is 2.30. The number of piperidine rings is 1. The molecule has 1 heterocycles. The van der Waals surface area contributed by atoms with E-state index in [4.69, 9.17) is 0 Å². The molecule has 0 aliphatic carbocycles. The first-order chi connectivity index (χ1) is 9.78. The molecule has 0 spiro atoms. The van der Waals surface area contributed by atoms with E-state index in [1.165, 1.54) is 0 Å². The highest BCUT2D eigenvalue weighted by atomic mass is 35.5. The summed E-state index contributed by atoms with van der Waals surface area (Å²) in [6, 6.07) is 2.32. The maximum absolute atomic E-state index is 13.1. The molecule has 22 heavy (non-hydrogen) atoms. The minimum Gasteiger partial charge on any atom is -0.316 e. The smallest absolute Gasteiger partial charge is 0.243 e. The molecule has 1 aliphatic rings. The Labute approximate surface area is 140 Å². The summed E-state index contributed by atoms with van der Waals surface area (Å²) < 4.78 is 27.8. The number of hydrogen-bond donors (Lipinski definition) is 1. The van der Waals surface area contributed by atoms with E-state index in [0.717, 1.165) is 35.1 Å². The van der Waals surface area contributed by atoms with E-state index in [9.17, 15) is 8.42 Å². The van der Waals surface area contributed by atoms with Gasteiger partial charge in [0.2, 0.25) is 10.0 Å². The van der Waals surface area contributed by atoms with E-state index < -0.39 is 10.0 Å². The van der Waals surface area contributed by atoms with Gasteiger partial charge in [0.1, 0.15) is 0 Å². The maximum atomic E-state index is 13.1. The van der Waals surface area contributed by atoms with Crippen LogP contribution in [0, 0.1) is 27.7 Å². The number of benzene rings is 1. The summed E-state index contributed by atoms with van der Waals surface area (Å²) >= 11 is 0. The lowest BCUT2D eigenvalue weighted by Crippen LogP contribution is -2.47. The van der Waals surface area contributed by atoms with E-state index in [-0.39, 0.29) is 18.4 Å². The van der Waals surface area contributed by atoms with Crippen molar-refractivity contribution < 1.29 is 8.42 Å². The second-order valence-electron chi connectivity index (χ2n) is 6.08. The summed E-state index contributed by atoms with van der Waals surface area (Å²) in [5, 5.41) is 3.20. The van der Waals surface area contributed by atoms with Crippen molar-refractivity contribution in [3.63, 3.8) is 0 Å². The van der Waals surface area contributed by atoms with Crippen molar-refractivity contribution in [1.82, 2.24) is 9.62 Å². The Morgan fingerprint density at radius 3 is 2.18 bits per heavy atom. The Bertz CT molecular complexity index is 618. The highest BCUT2D eigenvalue weighted by Gasteiger charge is 2.32. The summed E-state index contributed by atoms with van der Waals surface area (Å²) in [4.78, 5) is 0.511. The lowest BCUT2D eigenvalue weighted by Gasteiger charge is -2.32. The molecule has 1 fully saturated rings. The van der Waals surface area contributed by atoms with Gasteiger partial charge < -0.3 is 5.32 Å². The Balaban J connectivity index is 0.00000242. The maximum Gasteiger partial charge on any atom is 0.243 e. The summed E-state index contributed by atoms with van der Waals surface area (Å²) in [5.41, 5.74) is 3.84. The van der Waals surface area contributed by atoms with Crippen LogP contribution in [-0.4, -0.2) is 38.9 Å². The zero-order valence-corrected chi connectivity index (χ0v) is 15.7. The molecule has 1 saturated heterocycles. The van der Waals surface area contributed by atoms with Crippen molar-refractivity contribution in [1.29, 1.82) is 0 Å². The van der Waals surface area contributed by atoms with Gasteiger partial charge in [0, 0.05) is 19.1 Å². The fourth-order valence-corrected chi connectivity index (χ4v) is 5.19. The molecule has 2 rings (SSSR count). The molecule has 1 aromatic carbocycles. The number of likely N-dealkylation sites (N-methyl/N-ethyl adjacent to an activating group) is 1. The summed E-state index contributed by atoms with van der Waals surface area (Å²) in [5.74, 6) is 0. The Morgan fingerprint density at radius 2 is 1.68 bits per heavy atom. The van der Waals surface area contributed by atoms with E-state index in [2.05, 4.69) is 11.4 Å². The fourth-order valence-electron chi connectivity index (χ4n) is 3.09. The minimum atomic E-state index is -3.42. The first-order valence-corrected chi connectivity index (χ1v) is 8.98. The number of rotatable bonds is 3. The van der Waals surface area contributed by atoms with Crippen LogP contribution in [0.5, 0.6) is 0 Å². The number of nitrogens with one attached hydrogen (secondary N) is 1. The first-order valence-electron chi connectivity index (χ1n) is 7.54. The molecule has 0 radical (unpaired) electrons. The SMILES string of the molecule is CNC1CCCN(S(=O)(=O)c2c(C)c(C)cc(C)c2C)C1.Cl. The topological polar surface area (TPSA) is 49.4 Å². The molecule has 0 bridgehead atoms.